The minimum Gasteiger partial charge on any atom is -0.477 e. The van der Waals surface area contributed by atoms with Gasteiger partial charge in [0.25, 0.3) is 0 Å². The second kappa shape index (κ2) is 7.92. The molecule has 0 spiro atoms. The van der Waals surface area contributed by atoms with Crippen molar-refractivity contribution in [2.24, 2.45) is 12.0 Å². The fourth-order valence-electron chi connectivity index (χ4n) is 4.87. The molecule has 1 aliphatic rings. The minimum atomic E-state index is -1.05. The number of methoxy groups -OCH3 is 1. The molecule has 1 N–H and O–H groups in total. The molecule has 0 saturated heterocycles. The monoisotopic (exact) mass is 460 g/mol. The summed E-state index contributed by atoms with van der Waals surface area (Å²) in [6.07, 6.45) is 1.86. The van der Waals surface area contributed by atoms with Crippen molar-refractivity contribution in [2.75, 3.05) is 13.7 Å². The number of aromatic nitrogens is 3. The molecule has 2 aromatic heterocycles. The van der Waals surface area contributed by atoms with Crippen LogP contribution in [0.2, 0.25) is 0 Å². The number of carboxylic acid groups (broad SMARTS) is 1. The van der Waals surface area contributed by atoms with Crippen LogP contribution in [0.15, 0.2) is 47.5 Å². The molecule has 0 unspecified atom stereocenters. The molecule has 0 radical (unpaired) electrons. The van der Waals surface area contributed by atoms with Crippen molar-refractivity contribution in [3.8, 4) is 16.9 Å². The lowest BCUT2D eigenvalue weighted by atomic mass is 9.85. The summed E-state index contributed by atoms with van der Waals surface area (Å²) >= 11 is 0. The van der Waals surface area contributed by atoms with Crippen LogP contribution in [-0.2, 0) is 23.7 Å². The zero-order valence-electron chi connectivity index (χ0n) is 19.5. The predicted molar refractivity (Wildman–Crippen MR) is 129 cm³/mol. The highest BCUT2D eigenvalue weighted by Crippen LogP contribution is 2.44. The highest BCUT2D eigenvalue weighted by molar-refractivity contribution is 6.03. The molecule has 174 valence electrons. The summed E-state index contributed by atoms with van der Waals surface area (Å²) in [6.45, 7) is 5.15. The van der Waals surface area contributed by atoms with Crippen LogP contribution in [0.1, 0.15) is 41.2 Å². The van der Waals surface area contributed by atoms with E-state index in [-0.39, 0.29) is 11.5 Å². The van der Waals surface area contributed by atoms with Gasteiger partial charge in [0, 0.05) is 48.1 Å². The van der Waals surface area contributed by atoms with E-state index in [0.29, 0.717) is 18.8 Å². The number of hydrogen-bond donors (Lipinski definition) is 1. The van der Waals surface area contributed by atoms with E-state index in [4.69, 9.17) is 4.74 Å². The van der Waals surface area contributed by atoms with Crippen molar-refractivity contribution in [3.05, 3.63) is 70.8 Å². The maximum Gasteiger partial charge on any atom is 0.354 e. The Morgan fingerprint density at radius 3 is 2.59 bits per heavy atom. The molecular formula is C26H25FN4O3. The zero-order chi connectivity index (χ0) is 24.2. The Morgan fingerprint density at radius 2 is 1.94 bits per heavy atom. The Hall–Kier alpha value is -3.78. The molecule has 0 amide bonds. The Labute approximate surface area is 196 Å². The van der Waals surface area contributed by atoms with Crippen molar-refractivity contribution in [2.45, 2.75) is 25.8 Å². The van der Waals surface area contributed by atoms with Crippen LogP contribution >= 0.6 is 0 Å². The number of carbonyl (C=O) groups is 1. The van der Waals surface area contributed by atoms with E-state index in [1.807, 2.05) is 6.21 Å². The second-order valence-corrected chi connectivity index (χ2v) is 9.23. The smallest absolute Gasteiger partial charge is 0.354 e. The van der Waals surface area contributed by atoms with Gasteiger partial charge in [-0.05, 0) is 53.6 Å². The molecule has 3 heterocycles. The number of aromatic carboxylic acids is 1. The van der Waals surface area contributed by atoms with Gasteiger partial charge in [-0.3, -0.25) is 9.67 Å². The third-order valence-electron chi connectivity index (χ3n) is 6.31. The molecule has 4 aromatic rings. The number of aliphatic imine (C=N–C) groups is 1. The van der Waals surface area contributed by atoms with Gasteiger partial charge in [0.05, 0.1) is 24.4 Å². The Bertz CT molecular complexity index is 1460. The average molecular weight is 461 g/mol. The molecule has 0 atom stereocenters. The molecular weight excluding hydrogens is 435 g/mol. The van der Waals surface area contributed by atoms with Crippen molar-refractivity contribution in [1.82, 2.24) is 14.3 Å². The maximum absolute atomic E-state index is 13.8. The van der Waals surface area contributed by atoms with Crippen molar-refractivity contribution in [3.63, 3.8) is 0 Å². The lowest BCUT2D eigenvalue weighted by molar-refractivity contribution is 0.0685. The number of halogens is 1. The normalized spacial score (nSPS) is 13.1. The number of fused-ring (bicyclic) bond motifs is 2. The molecule has 5 rings (SSSR count). The number of benzene rings is 2. The van der Waals surface area contributed by atoms with Gasteiger partial charge >= 0.3 is 5.97 Å². The van der Waals surface area contributed by atoms with Crippen LogP contribution in [0.5, 0.6) is 0 Å². The minimum absolute atomic E-state index is 0.0951. The number of carboxylic acids is 1. The summed E-state index contributed by atoms with van der Waals surface area (Å²) in [5.74, 6) is -1.36. The lowest BCUT2D eigenvalue weighted by Crippen LogP contribution is -2.27. The fraction of sp³-hybridized carbons (Fsp3) is 0.269. The van der Waals surface area contributed by atoms with Crippen molar-refractivity contribution < 1.29 is 19.0 Å². The first-order valence-corrected chi connectivity index (χ1v) is 11.0. The summed E-state index contributed by atoms with van der Waals surface area (Å²) in [5, 5.41) is 15.2. The molecule has 1 aliphatic heterocycles. The highest BCUT2D eigenvalue weighted by Gasteiger charge is 2.34. The molecule has 34 heavy (non-hydrogen) atoms. The first-order chi connectivity index (χ1) is 16.2. The quantitative estimate of drug-likeness (QED) is 0.451. The molecule has 2 aromatic carbocycles. The van der Waals surface area contributed by atoms with E-state index in [0.717, 1.165) is 39.0 Å². The lowest BCUT2D eigenvalue weighted by Gasteiger charge is -2.28. The van der Waals surface area contributed by atoms with Gasteiger partial charge in [0.2, 0.25) is 0 Å². The predicted octanol–water partition coefficient (Wildman–Crippen LogP) is 4.72. The topological polar surface area (TPSA) is 81.6 Å². The van der Waals surface area contributed by atoms with Gasteiger partial charge in [0.15, 0.2) is 0 Å². The zero-order valence-corrected chi connectivity index (χ0v) is 19.5. The summed E-state index contributed by atoms with van der Waals surface area (Å²) in [6, 6.07) is 12.1. The van der Waals surface area contributed by atoms with E-state index >= 15 is 0 Å². The van der Waals surface area contributed by atoms with Crippen LogP contribution in [0.3, 0.4) is 0 Å². The number of rotatable bonds is 6. The standard InChI is InChI=1S/C26H25FN4O3/c1-26(2,14-34-4)24-23(20-11-22(25(32)33)30(3)29-20)19-9-15-12-28-13-16(15)10-21(19)31(24)18-7-5-17(27)6-8-18/h5-11,13H,12,14H2,1-4H3,(H,32,33). The van der Waals surface area contributed by atoms with E-state index in [1.54, 1.807) is 32.4 Å². The largest absolute Gasteiger partial charge is 0.477 e. The van der Waals surface area contributed by atoms with E-state index in [1.165, 1.54) is 16.8 Å². The van der Waals surface area contributed by atoms with Gasteiger partial charge in [0.1, 0.15) is 11.5 Å². The average Bonchev–Trinajstić information content (AvgIpc) is 3.47. The Kier molecular flexibility index (Phi) is 5.13. The van der Waals surface area contributed by atoms with Crippen LogP contribution in [0, 0.1) is 5.82 Å². The molecule has 8 heteroatoms. The molecule has 0 aliphatic carbocycles. The summed E-state index contributed by atoms with van der Waals surface area (Å²) in [5.41, 5.74) is 5.74. The highest BCUT2D eigenvalue weighted by atomic mass is 19.1. The number of aryl methyl sites for hydroxylation is 1. The Morgan fingerprint density at radius 1 is 1.21 bits per heavy atom. The second-order valence-electron chi connectivity index (χ2n) is 9.23. The van der Waals surface area contributed by atoms with Crippen LogP contribution in [-0.4, -0.2) is 45.4 Å². The number of hydrogen-bond acceptors (Lipinski definition) is 4. The first-order valence-electron chi connectivity index (χ1n) is 11.0. The Balaban J connectivity index is 1.94. The summed E-state index contributed by atoms with van der Waals surface area (Å²) in [7, 11) is 3.28. The van der Waals surface area contributed by atoms with Gasteiger partial charge in [-0.15, -0.1) is 0 Å². The SMILES string of the molecule is COCC(C)(C)c1c(-c2cc(C(=O)O)n(C)n2)c2cc3c(cc2n1-c1ccc(F)cc1)C=NC3. The van der Waals surface area contributed by atoms with Crippen LogP contribution in [0.4, 0.5) is 4.39 Å². The number of nitrogens with zero attached hydrogens (tertiary/aromatic N) is 4. The number of ether oxygens (including phenoxy) is 1. The van der Waals surface area contributed by atoms with E-state index in [9.17, 15) is 14.3 Å². The maximum atomic E-state index is 13.8. The van der Waals surface area contributed by atoms with Crippen molar-refractivity contribution in [1.29, 1.82) is 0 Å². The van der Waals surface area contributed by atoms with Gasteiger partial charge in [-0.2, -0.15) is 5.10 Å². The van der Waals surface area contributed by atoms with Crippen molar-refractivity contribution >= 4 is 23.1 Å². The summed E-state index contributed by atoms with van der Waals surface area (Å²) in [4.78, 5) is 16.2. The molecule has 0 fully saturated rings. The summed E-state index contributed by atoms with van der Waals surface area (Å²) < 4.78 is 22.9. The van der Waals surface area contributed by atoms with E-state index in [2.05, 4.69) is 40.6 Å². The van der Waals surface area contributed by atoms with Gasteiger partial charge < -0.3 is 14.4 Å². The third-order valence-corrected chi connectivity index (χ3v) is 6.31. The first kappa shape index (κ1) is 22.0. The molecule has 0 bridgehead atoms. The third kappa shape index (κ3) is 3.42. The molecule has 7 nitrogen and oxygen atoms in total. The van der Waals surface area contributed by atoms with Crippen LogP contribution in [0.25, 0.3) is 27.8 Å². The fourth-order valence-corrected chi connectivity index (χ4v) is 4.87. The molecule has 0 saturated carbocycles. The van der Waals surface area contributed by atoms with E-state index < -0.39 is 11.4 Å². The van der Waals surface area contributed by atoms with Crippen LogP contribution < -0.4 is 0 Å². The van der Waals surface area contributed by atoms with Gasteiger partial charge in [-0.25, -0.2) is 9.18 Å². The van der Waals surface area contributed by atoms with Gasteiger partial charge in [-0.1, -0.05) is 13.8 Å².